The molecule has 11 heavy (non-hydrogen) atoms. The second kappa shape index (κ2) is 2.82. The van der Waals surface area contributed by atoms with Gasteiger partial charge in [0, 0.05) is 6.54 Å². The third-order valence-corrected chi connectivity index (χ3v) is 3.11. The van der Waals surface area contributed by atoms with E-state index in [-0.39, 0.29) is 0 Å². The van der Waals surface area contributed by atoms with Crippen molar-refractivity contribution in [2.75, 3.05) is 13.6 Å². The van der Waals surface area contributed by atoms with Crippen LogP contribution in [0.1, 0.15) is 27.2 Å². The predicted molar refractivity (Wildman–Crippen MR) is 52.5 cm³/mol. The van der Waals surface area contributed by atoms with Crippen molar-refractivity contribution in [1.29, 1.82) is 0 Å². The molecule has 1 fully saturated rings. The van der Waals surface area contributed by atoms with E-state index < -0.39 is 0 Å². The van der Waals surface area contributed by atoms with Gasteiger partial charge in [-0.2, -0.15) is 0 Å². The van der Waals surface area contributed by atoms with Crippen molar-refractivity contribution in [2.45, 2.75) is 33.1 Å². The van der Waals surface area contributed by atoms with E-state index in [1.54, 1.807) is 0 Å². The van der Waals surface area contributed by atoms with E-state index in [0.29, 0.717) is 5.41 Å². The van der Waals surface area contributed by atoms with E-state index >= 15 is 0 Å². The summed E-state index contributed by atoms with van der Waals surface area (Å²) in [6.45, 7) is 8.33. The molecule has 0 saturated carbocycles. The molecule has 0 bridgehead atoms. The van der Waals surface area contributed by atoms with Gasteiger partial charge in [-0.1, -0.05) is 20.8 Å². The van der Waals surface area contributed by atoms with Crippen molar-refractivity contribution in [3.63, 3.8) is 0 Å². The summed E-state index contributed by atoms with van der Waals surface area (Å²) in [5.74, 6) is 1.68. The number of rotatable bonds is 0. The first-order valence-electron chi connectivity index (χ1n) is 4.61. The Labute approximate surface area is 71.6 Å². The van der Waals surface area contributed by atoms with Crippen molar-refractivity contribution in [3.05, 3.63) is 0 Å². The molecule has 0 amide bonds. The molecule has 1 rings (SSSR count). The highest BCUT2D eigenvalue weighted by atomic mass is 15.1. The van der Waals surface area contributed by atoms with Gasteiger partial charge in [0.15, 0.2) is 0 Å². The van der Waals surface area contributed by atoms with Gasteiger partial charge >= 0.3 is 0 Å². The van der Waals surface area contributed by atoms with Crippen LogP contribution in [0.4, 0.5) is 0 Å². The zero-order valence-electron chi connectivity index (χ0n) is 8.52. The van der Waals surface area contributed by atoms with Gasteiger partial charge < -0.3 is 4.90 Å². The van der Waals surface area contributed by atoms with Crippen LogP contribution in [0.2, 0.25) is 0 Å². The Morgan fingerprint density at radius 2 is 1.91 bits per heavy atom. The Morgan fingerprint density at radius 3 is 2.09 bits per heavy atom. The second-order valence-corrected chi connectivity index (χ2v) is 5.09. The molecule has 2 atom stereocenters. The lowest BCUT2D eigenvalue weighted by molar-refractivity contribution is 0.241. The summed E-state index contributed by atoms with van der Waals surface area (Å²) >= 11 is 0. The summed E-state index contributed by atoms with van der Waals surface area (Å²) in [5.41, 5.74) is 0.499. The Bertz CT molecular complexity index is 129. The molecule has 1 nitrogen and oxygen atoms in total. The summed E-state index contributed by atoms with van der Waals surface area (Å²) in [5, 5.41) is 0. The average Bonchev–Trinajstić information content (AvgIpc) is 2.11. The standard InChI is InChI=1S/C9H20BN/c1-9(2,3)7-5-8(10)11(4)6-7/h7-8H,5-6,10H2,1-4H3. The maximum Gasteiger partial charge on any atom is 0.123 e. The number of likely N-dealkylation sites (tertiary alicyclic amines) is 1. The fourth-order valence-electron chi connectivity index (χ4n) is 1.82. The summed E-state index contributed by atoms with van der Waals surface area (Å²) in [6.07, 6.45) is 1.38. The van der Waals surface area contributed by atoms with Gasteiger partial charge in [0.25, 0.3) is 0 Å². The summed E-state index contributed by atoms with van der Waals surface area (Å²) < 4.78 is 0. The second-order valence-electron chi connectivity index (χ2n) is 5.09. The lowest BCUT2D eigenvalue weighted by atomic mass is 9.77. The molecule has 2 heteroatoms. The molecule has 1 aliphatic heterocycles. The van der Waals surface area contributed by atoms with E-state index in [1.165, 1.54) is 13.0 Å². The lowest BCUT2D eigenvalue weighted by Crippen LogP contribution is -2.26. The fraction of sp³-hybridized carbons (Fsp3) is 1.00. The van der Waals surface area contributed by atoms with Crippen LogP contribution in [0.5, 0.6) is 0 Å². The van der Waals surface area contributed by atoms with Gasteiger partial charge in [-0.3, -0.25) is 0 Å². The summed E-state index contributed by atoms with van der Waals surface area (Å²) in [6, 6.07) is 0. The van der Waals surface area contributed by atoms with Crippen molar-refractivity contribution in [2.24, 2.45) is 11.3 Å². The minimum atomic E-state index is 0.499. The Hall–Kier alpha value is 0.0249. The molecule has 0 radical (unpaired) electrons. The highest BCUT2D eigenvalue weighted by Crippen LogP contribution is 2.34. The van der Waals surface area contributed by atoms with E-state index in [4.69, 9.17) is 0 Å². The van der Waals surface area contributed by atoms with Crippen LogP contribution >= 0.6 is 0 Å². The fourth-order valence-corrected chi connectivity index (χ4v) is 1.82. The number of hydrogen-bond acceptors (Lipinski definition) is 1. The highest BCUT2D eigenvalue weighted by Gasteiger charge is 2.33. The molecule has 0 N–H and O–H groups in total. The molecular formula is C9H20BN. The smallest absolute Gasteiger partial charge is 0.123 e. The zero-order chi connectivity index (χ0) is 8.65. The molecule has 0 aromatic rings. The normalized spacial score (nSPS) is 34.5. The topological polar surface area (TPSA) is 3.24 Å². The lowest BCUT2D eigenvalue weighted by Gasteiger charge is -2.26. The molecular weight excluding hydrogens is 133 g/mol. The van der Waals surface area contributed by atoms with Crippen LogP contribution in [-0.2, 0) is 0 Å². The zero-order valence-corrected chi connectivity index (χ0v) is 8.52. The number of hydrogen-bond donors (Lipinski definition) is 0. The van der Waals surface area contributed by atoms with Crippen molar-refractivity contribution >= 4 is 7.85 Å². The molecule has 1 heterocycles. The van der Waals surface area contributed by atoms with Crippen LogP contribution in [0.3, 0.4) is 0 Å². The van der Waals surface area contributed by atoms with Crippen molar-refractivity contribution < 1.29 is 0 Å². The van der Waals surface area contributed by atoms with Crippen molar-refractivity contribution in [1.82, 2.24) is 4.90 Å². The molecule has 0 aromatic heterocycles. The summed E-state index contributed by atoms with van der Waals surface area (Å²) in [7, 11) is 4.56. The van der Waals surface area contributed by atoms with Gasteiger partial charge in [0.2, 0.25) is 0 Å². The molecule has 1 saturated heterocycles. The highest BCUT2D eigenvalue weighted by molar-refractivity contribution is 6.11. The Kier molecular flexibility index (Phi) is 2.33. The van der Waals surface area contributed by atoms with Crippen LogP contribution in [0, 0.1) is 11.3 Å². The van der Waals surface area contributed by atoms with Crippen LogP contribution in [0.25, 0.3) is 0 Å². The average molecular weight is 153 g/mol. The van der Waals surface area contributed by atoms with Gasteiger partial charge in [-0.05, 0) is 30.7 Å². The molecule has 0 spiro atoms. The first-order valence-corrected chi connectivity index (χ1v) is 4.61. The maximum atomic E-state index is 2.47. The third-order valence-electron chi connectivity index (χ3n) is 3.11. The van der Waals surface area contributed by atoms with Gasteiger partial charge in [0.05, 0.1) is 0 Å². The predicted octanol–water partition coefficient (Wildman–Crippen LogP) is 0.943. The molecule has 0 aliphatic carbocycles. The van der Waals surface area contributed by atoms with E-state index in [2.05, 4.69) is 40.6 Å². The SMILES string of the molecule is BC1CC(C(C)(C)C)CN1C. The van der Waals surface area contributed by atoms with Crippen LogP contribution in [-0.4, -0.2) is 32.3 Å². The Balaban J connectivity index is 2.54. The van der Waals surface area contributed by atoms with Crippen LogP contribution < -0.4 is 0 Å². The van der Waals surface area contributed by atoms with E-state index in [1.807, 2.05) is 0 Å². The minimum absolute atomic E-state index is 0.499. The van der Waals surface area contributed by atoms with E-state index in [0.717, 1.165) is 11.9 Å². The molecule has 1 aliphatic rings. The maximum absolute atomic E-state index is 2.47. The number of nitrogens with zero attached hydrogens (tertiary/aromatic N) is 1. The van der Waals surface area contributed by atoms with E-state index in [9.17, 15) is 0 Å². The third kappa shape index (κ3) is 1.99. The monoisotopic (exact) mass is 153 g/mol. The first-order chi connectivity index (χ1) is 4.91. The Morgan fingerprint density at radius 1 is 1.36 bits per heavy atom. The van der Waals surface area contributed by atoms with Gasteiger partial charge in [0.1, 0.15) is 7.85 Å². The van der Waals surface area contributed by atoms with Gasteiger partial charge in [-0.25, -0.2) is 0 Å². The van der Waals surface area contributed by atoms with Crippen LogP contribution in [0.15, 0.2) is 0 Å². The minimum Gasteiger partial charge on any atom is -0.311 e. The van der Waals surface area contributed by atoms with Gasteiger partial charge in [-0.15, -0.1) is 0 Å². The quantitative estimate of drug-likeness (QED) is 0.468. The molecule has 64 valence electrons. The summed E-state index contributed by atoms with van der Waals surface area (Å²) in [4.78, 5) is 2.47. The molecule has 0 aromatic carbocycles. The first kappa shape index (κ1) is 9.12. The largest absolute Gasteiger partial charge is 0.311 e. The molecule has 2 unspecified atom stereocenters. The van der Waals surface area contributed by atoms with Crippen molar-refractivity contribution in [3.8, 4) is 0 Å².